The van der Waals surface area contributed by atoms with Crippen molar-refractivity contribution in [2.45, 2.75) is 71.1 Å². The standard InChI is InChI=1S/C18H30N2O/c1-2-3-4-5-6-7-8-9-10-12-15-20-16-13-11-14-18(20)17-19-21/h11,13-14,16-17H,2-10,12,15H2,1H3/b18-17-. The van der Waals surface area contributed by atoms with Crippen molar-refractivity contribution in [3.63, 3.8) is 0 Å². The van der Waals surface area contributed by atoms with Crippen LogP contribution in [0.1, 0.15) is 71.1 Å². The molecular weight excluding hydrogens is 260 g/mol. The van der Waals surface area contributed by atoms with Crippen molar-refractivity contribution in [2.24, 2.45) is 5.18 Å². The van der Waals surface area contributed by atoms with Crippen molar-refractivity contribution in [3.05, 3.63) is 41.2 Å². The van der Waals surface area contributed by atoms with Gasteiger partial charge in [0.15, 0.2) is 0 Å². The van der Waals surface area contributed by atoms with Crippen LogP contribution in [0.25, 0.3) is 0 Å². The molecule has 0 spiro atoms. The zero-order chi connectivity index (χ0) is 15.2. The number of nitroso groups, excluding NO2 is 1. The van der Waals surface area contributed by atoms with E-state index in [-0.39, 0.29) is 0 Å². The van der Waals surface area contributed by atoms with Crippen LogP contribution >= 0.6 is 0 Å². The summed E-state index contributed by atoms with van der Waals surface area (Å²) in [4.78, 5) is 12.5. The Kier molecular flexibility index (Phi) is 10.4. The third kappa shape index (κ3) is 8.49. The lowest BCUT2D eigenvalue weighted by Crippen LogP contribution is -2.18. The van der Waals surface area contributed by atoms with E-state index in [4.69, 9.17) is 0 Å². The molecule has 0 atom stereocenters. The van der Waals surface area contributed by atoms with Gasteiger partial charge in [0.2, 0.25) is 0 Å². The minimum atomic E-state index is 0.892. The molecule has 0 aromatic heterocycles. The SMILES string of the molecule is CCCCCCCCCCCCN1C=CC=C/C1=C/N=O. The molecule has 0 bridgehead atoms. The Bertz CT molecular complexity index is 358. The molecule has 0 fully saturated rings. The summed E-state index contributed by atoms with van der Waals surface area (Å²) in [5, 5.41) is 2.87. The number of hydrogen-bond acceptors (Lipinski definition) is 3. The summed E-state index contributed by atoms with van der Waals surface area (Å²) in [7, 11) is 0. The Hall–Kier alpha value is -1.38. The van der Waals surface area contributed by atoms with Crippen LogP contribution in [-0.4, -0.2) is 11.4 Å². The van der Waals surface area contributed by atoms with E-state index in [1.165, 1.54) is 70.4 Å². The Morgan fingerprint density at radius 1 is 0.952 bits per heavy atom. The normalized spacial score (nSPS) is 15.9. The van der Waals surface area contributed by atoms with Gasteiger partial charge in [0.25, 0.3) is 0 Å². The van der Waals surface area contributed by atoms with E-state index in [1.807, 2.05) is 24.4 Å². The fourth-order valence-electron chi connectivity index (χ4n) is 2.63. The van der Waals surface area contributed by atoms with E-state index in [2.05, 4.69) is 17.0 Å². The molecule has 0 aliphatic carbocycles. The molecule has 1 aliphatic heterocycles. The van der Waals surface area contributed by atoms with Crippen LogP contribution in [0.3, 0.4) is 0 Å². The summed E-state index contributed by atoms with van der Waals surface area (Å²) in [6.45, 7) is 3.23. The van der Waals surface area contributed by atoms with Gasteiger partial charge in [-0.2, -0.15) is 0 Å². The molecule has 0 aromatic carbocycles. The number of allylic oxidation sites excluding steroid dienone is 3. The summed E-state index contributed by atoms with van der Waals surface area (Å²) in [6, 6.07) is 0. The fraction of sp³-hybridized carbons (Fsp3) is 0.667. The topological polar surface area (TPSA) is 32.7 Å². The molecule has 0 saturated carbocycles. The van der Waals surface area contributed by atoms with Crippen molar-refractivity contribution in [1.29, 1.82) is 0 Å². The lowest BCUT2D eigenvalue weighted by molar-refractivity contribution is 0.441. The van der Waals surface area contributed by atoms with Gasteiger partial charge < -0.3 is 4.90 Å². The molecule has 0 radical (unpaired) electrons. The van der Waals surface area contributed by atoms with Crippen molar-refractivity contribution < 1.29 is 0 Å². The lowest BCUT2D eigenvalue weighted by Gasteiger charge is -2.22. The summed E-state index contributed by atoms with van der Waals surface area (Å²) in [5.74, 6) is 0. The number of rotatable bonds is 12. The first-order valence-electron chi connectivity index (χ1n) is 8.52. The van der Waals surface area contributed by atoms with E-state index < -0.39 is 0 Å². The Labute approximate surface area is 129 Å². The Morgan fingerprint density at radius 3 is 2.19 bits per heavy atom. The fourth-order valence-corrected chi connectivity index (χ4v) is 2.63. The van der Waals surface area contributed by atoms with Crippen LogP contribution in [0.5, 0.6) is 0 Å². The third-order valence-electron chi connectivity index (χ3n) is 3.91. The average molecular weight is 290 g/mol. The van der Waals surface area contributed by atoms with E-state index >= 15 is 0 Å². The highest BCUT2D eigenvalue weighted by Crippen LogP contribution is 2.15. The van der Waals surface area contributed by atoms with Gasteiger partial charge in [-0.3, -0.25) is 0 Å². The number of hydrogen-bond donors (Lipinski definition) is 0. The van der Waals surface area contributed by atoms with Crippen LogP contribution in [0.4, 0.5) is 0 Å². The molecule has 0 aromatic rings. The van der Waals surface area contributed by atoms with Gasteiger partial charge in [0, 0.05) is 12.7 Å². The van der Waals surface area contributed by atoms with Crippen LogP contribution < -0.4 is 0 Å². The molecule has 118 valence electrons. The third-order valence-corrected chi connectivity index (χ3v) is 3.91. The molecule has 1 rings (SSSR count). The van der Waals surface area contributed by atoms with Gasteiger partial charge in [0.1, 0.15) is 0 Å². The van der Waals surface area contributed by atoms with Gasteiger partial charge in [-0.25, -0.2) is 0 Å². The van der Waals surface area contributed by atoms with Crippen molar-refractivity contribution >= 4 is 0 Å². The molecule has 0 unspecified atom stereocenters. The van der Waals surface area contributed by atoms with E-state index in [0.29, 0.717) is 0 Å². The first kappa shape index (κ1) is 17.7. The predicted octanol–water partition coefficient (Wildman–Crippen LogP) is 5.90. The maximum absolute atomic E-state index is 10.4. The van der Waals surface area contributed by atoms with Gasteiger partial charge >= 0.3 is 0 Å². The lowest BCUT2D eigenvalue weighted by atomic mass is 10.1. The Balaban J connectivity index is 1.99. The quantitative estimate of drug-likeness (QED) is 0.331. The Morgan fingerprint density at radius 2 is 1.57 bits per heavy atom. The smallest absolute Gasteiger partial charge is 0.0951 e. The van der Waals surface area contributed by atoms with Gasteiger partial charge in [-0.1, -0.05) is 70.8 Å². The summed E-state index contributed by atoms with van der Waals surface area (Å²) >= 11 is 0. The van der Waals surface area contributed by atoms with Gasteiger partial charge in [0.05, 0.1) is 11.9 Å². The molecule has 1 aliphatic rings. The minimum Gasteiger partial charge on any atom is -0.347 e. The van der Waals surface area contributed by atoms with E-state index in [9.17, 15) is 4.91 Å². The van der Waals surface area contributed by atoms with Crippen LogP contribution in [0.2, 0.25) is 0 Å². The van der Waals surface area contributed by atoms with Gasteiger partial charge in [-0.05, 0) is 23.7 Å². The maximum atomic E-state index is 10.4. The second-order valence-corrected chi connectivity index (χ2v) is 5.74. The summed E-state index contributed by atoms with van der Waals surface area (Å²) < 4.78 is 0. The van der Waals surface area contributed by atoms with Crippen LogP contribution in [-0.2, 0) is 0 Å². The highest BCUT2D eigenvalue weighted by atomic mass is 16.2. The highest BCUT2D eigenvalue weighted by molar-refractivity contribution is 5.27. The zero-order valence-electron chi connectivity index (χ0n) is 13.5. The molecule has 0 saturated heterocycles. The summed E-state index contributed by atoms with van der Waals surface area (Å²) in [5.41, 5.74) is 0.892. The molecule has 1 heterocycles. The predicted molar refractivity (Wildman–Crippen MR) is 90.7 cm³/mol. The van der Waals surface area contributed by atoms with Crippen molar-refractivity contribution in [3.8, 4) is 0 Å². The first-order chi connectivity index (χ1) is 10.4. The molecule has 0 amide bonds. The van der Waals surface area contributed by atoms with E-state index in [1.54, 1.807) is 0 Å². The van der Waals surface area contributed by atoms with Gasteiger partial charge in [-0.15, -0.1) is 4.91 Å². The van der Waals surface area contributed by atoms with E-state index in [0.717, 1.165) is 12.2 Å². The van der Waals surface area contributed by atoms with Crippen molar-refractivity contribution in [2.75, 3.05) is 6.54 Å². The molecule has 21 heavy (non-hydrogen) atoms. The second-order valence-electron chi connectivity index (χ2n) is 5.74. The summed E-state index contributed by atoms with van der Waals surface area (Å²) in [6.07, 6.45) is 22.7. The maximum Gasteiger partial charge on any atom is 0.0951 e. The second kappa shape index (κ2) is 12.4. The largest absolute Gasteiger partial charge is 0.347 e. The number of unbranched alkanes of at least 4 members (excludes halogenated alkanes) is 9. The highest BCUT2D eigenvalue weighted by Gasteiger charge is 2.06. The molecular formula is C18H30N2O. The number of nitrogens with zero attached hydrogens (tertiary/aromatic N) is 2. The zero-order valence-corrected chi connectivity index (χ0v) is 13.5. The molecule has 3 heteroatoms. The monoisotopic (exact) mass is 290 g/mol. The van der Waals surface area contributed by atoms with Crippen LogP contribution in [0, 0.1) is 4.91 Å². The molecule has 3 nitrogen and oxygen atoms in total. The average Bonchev–Trinajstić information content (AvgIpc) is 2.51. The van der Waals surface area contributed by atoms with Crippen LogP contribution in [0.15, 0.2) is 41.5 Å². The minimum absolute atomic E-state index is 0.892. The molecule has 0 N–H and O–H groups in total. The first-order valence-corrected chi connectivity index (χ1v) is 8.52. The van der Waals surface area contributed by atoms with Crippen molar-refractivity contribution in [1.82, 2.24) is 4.90 Å².